The molecule has 2 heterocycles. The van der Waals surface area contributed by atoms with Gasteiger partial charge in [-0.2, -0.15) is 0 Å². The SMILES string of the molecule is CCNC(=NCC1(CCOCC)CCCC1)NCCCc1nnc2ccccn12. The van der Waals surface area contributed by atoms with Crippen molar-refractivity contribution in [2.45, 2.75) is 58.8 Å². The standard InChI is InChI=1S/C22H36N6O/c1-3-23-21(25-18-22(12-6-7-13-22)14-17-29-4-2)24-15-9-11-20-27-26-19-10-5-8-16-28(19)20/h5,8,10,16H,3-4,6-7,9,11-15,17-18H2,1-2H3,(H2,23,24,25). The molecule has 0 aliphatic heterocycles. The van der Waals surface area contributed by atoms with Gasteiger partial charge in [-0.15, -0.1) is 10.2 Å². The van der Waals surface area contributed by atoms with E-state index in [-0.39, 0.29) is 0 Å². The molecule has 1 saturated carbocycles. The van der Waals surface area contributed by atoms with E-state index in [1.165, 1.54) is 25.7 Å². The number of ether oxygens (including phenoxy) is 1. The Bertz CT molecular complexity index is 766. The number of pyridine rings is 1. The summed E-state index contributed by atoms with van der Waals surface area (Å²) in [5.74, 6) is 1.92. The third kappa shape index (κ3) is 6.16. The molecule has 0 amide bonds. The molecule has 0 spiro atoms. The average molecular weight is 401 g/mol. The van der Waals surface area contributed by atoms with E-state index >= 15 is 0 Å². The summed E-state index contributed by atoms with van der Waals surface area (Å²) in [6.45, 7) is 8.43. The van der Waals surface area contributed by atoms with Gasteiger partial charge in [-0.25, -0.2) is 0 Å². The fourth-order valence-corrected chi connectivity index (χ4v) is 4.15. The van der Waals surface area contributed by atoms with Crippen LogP contribution in [0.4, 0.5) is 0 Å². The molecular formula is C22H36N6O. The summed E-state index contributed by atoms with van der Waals surface area (Å²) in [6, 6.07) is 5.98. The largest absolute Gasteiger partial charge is 0.382 e. The predicted molar refractivity (Wildman–Crippen MR) is 117 cm³/mol. The highest BCUT2D eigenvalue weighted by Crippen LogP contribution is 2.41. The van der Waals surface area contributed by atoms with Crippen LogP contribution in [-0.4, -0.2) is 53.4 Å². The van der Waals surface area contributed by atoms with Crippen molar-refractivity contribution >= 4 is 11.6 Å². The second kappa shape index (κ2) is 11.1. The highest BCUT2D eigenvalue weighted by atomic mass is 16.5. The minimum Gasteiger partial charge on any atom is -0.382 e. The van der Waals surface area contributed by atoms with E-state index in [4.69, 9.17) is 9.73 Å². The molecule has 160 valence electrons. The molecule has 1 aliphatic carbocycles. The van der Waals surface area contributed by atoms with Crippen LogP contribution in [0.1, 0.15) is 58.2 Å². The molecule has 0 radical (unpaired) electrons. The Kier molecular flexibility index (Phi) is 8.28. The molecular weight excluding hydrogens is 364 g/mol. The number of hydrogen-bond acceptors (Lipinski definition) is 4. The van der Waals surface area contributed by atoms with Crippen LogP contribution in [0, 0.1) is 5.41 Å². The summed E-state index contributed by atoms with van der Waals surface area (Å²) in [5.41, 5.74) is 1.22. The van der Waals surface area contributed by atoms with Crippen molar-refractivity contribution < 1.29 is 4.74 Å². The lowest BCUT2D eigenvalue weighted by molar-refractivity contribution is 0.107. The van der Waals surface area contributed by atoms with Gasteiger partial charge in [0.15, 0.2) is 11.6 Å². The Morgan fingerprint density at radius 1 is 1.21 bits per heavy atom. The molecule has 29 heavy (non-hydrogen) atoms. The number of guanidine groups is 1. The molecule has 0 unspecified atom stereocenters. The van der Waals surface area contributed by atoms with E-state index in [9.17, 15) is 0 Å². The Morgan fingerprint density at radius 2 is 2.07 bits per heavy atom. The first-order valence-electron chi connectivity index (χ1n) is 11.1. The molecule has 7 heteroatoms. The first-order valence-corrected chi connectivity index (χ1v) is 11.1. The second-order valence-electron chi connectivity index (χ2n) is 7.92. The Labute approximate surface area is 174 Å². The van der Waals surface area contributed by atoms with Gasteiger partial charge in [0.2, 0.25) is 0 Å². The van der Waals surface area contributed by atoms with Gasteiger partial charge in [0.1, 0.15) is 5.82 Å². The van der Waals surface area contributed by atoms with Gasteiger partial charge >= 0.3 is 0 Å². The Morgan fingerprint density at radius 3 is 2.86 bits per heavy atom. The van der Waals surface area contributed by atoms with Gasteiger partial charge in [0.25, 0.3) is 0 Å². The number of aromatic nitrogens is 3. The highest BCUT2D eigenvalue weighted by molar-refractivity contribution is 5.79. The maximum absolute atomic E-state index is 5.63. The summed E-state index contributed by atoms with van der Waals surface area (Å²) in [6.07, 6.45) is 10.2. The quantitative estimate of drug-likeness (QED) is 0.344. The number of fused-ring (bicyclic) bond motifs is 1. The number of aliphatic imine (C=N–C) groups is 1. The fourth-order valence-electron chi connectivity index (χ4n) is 4.15. The van der Waals surface area contributed by atoms with Crippen molar-refractivity contribution in [3.05, 3.63) is 30.2 Å². The van der Waals surface area contributed by atoms with Gasteiger partial charge in [-0.3, -0.25) is 9.39 Å². The van der Waals surface area contributed by atoms with E-state index in [1.807, 2.05) is 24.4 Å². The number of rotatable bonds is 11. The Hall–Kier alpha value is -2.15. The zero-order chi connectivity index (χ0) is 20.4. The van der Waals surface area contributed by atoms with Crippen molar-refractivity contribution in [2.75, 3.05) is 32.8 Å². The Balaban J connectivity index is 1.49. The summed E-state index contributed by atoms with van der Waals surface area (Å²) in [4.78, 5) is 4.94. The zero-order valence-electron chi connectivity index (χ0n) is 18.0. The van der Waals surface area contributed by atoms with Crippen LogP contribution in [0.5, 0.6) is 0 Å². The van der Waals surface area contributed by atoms with Crippen LogP contribution < -0.4 is 10.6 Å². The molecule has 0 saturated heterocycles. The molecule has 7 nitrogen and oxygen atoms in total. The van der Waals surface area contributed by atoms with Crippen LogP contribution in [0.15, 0.2) is 29.4 Å². The molecule has 1 fully saturated rings. The topological polar surface area (TPSA) is 75.8 Å². The van der Waals surface area contributed by atoms with Crippen molar-refractivity contribution in [3.63, 3.8) is 0 Å². The molecule has 2 aromatic rings. The third-order valence-electron chi connectivity index (χ3n) is 5.82. The third-order valence-corrected chi connectivity index (χ3v) is 5.82. The number of aryl methyl sites for hydroxylation is 1. The second-order valence-corrected chi connectivity index (χ2v) is 7.92. The fraction of sp³-hybridized carbons (Fsp3) is 0.682. The van der Waals surface area contributed by atoms with Crippen molar-refractivity contribution in [2.24, 2.45) is 10.4 Å². The van der Waals surface area contributed by atoms with Gasteiger partial charge < -0.3 is 15.4 Å². The van der Waals surface area contributed by atoms with Crippen molar-refractivity contribution in [1.29, 1.82) is 0 Å². The van der Waals surface area contributed by atoms with Crippen molar-refractivity contribution in [1.82, 2.24) is 25.2 Å². The van der Waals surface area contributed by atoms with Crippen LogP contribution in [0.2, 0.25) is 0 Å². The average Bonchev–Trinajstić information content (AvgIpc) is 3.37. The predicted octanol–water partition coefficient (Wildman–Crippen LogP) is 3.20. The van der Waals surface area contributed by atoms with Gasteiger partial charge in [-0.1, -0.05) is 18.9 Å². The summed E-state index contributed by atoms with van der Waals surface area (Å²) < 4.78 is 7.68. The van der Waals surface area contributed by atoms with Gasteiger partial charge in [0, 0.05) is 45.5 Å². The highest BCUT2D eigenvalue weighted by Gasteiger charge is 2.33. The minimum absolute atomic E-state index is 0.317. The normalized spacial score (nSPS) is 16.4. The van der Waals surface area contributed by atoms with Gasteiger partial charge in [-0.05, 0) is 57.1 Å². The number of hydrogen-bond donors (Lipinski definition) is 2. The van der Waals surface area contributed by atoms with Crippen LogP contribution in [0.25, 0.3) is 5.65 Å². The van der Waals surface area contributed by atoms with Crippen LogP contribution >= 0.6 is 0 Å². The molecule has 2 N–H and O–H groups in total. The molecule has 3 rings (SSSR count). The maximum atomic E-state index is 5.63. The van der Waals surface area contributed by atoms with Crippen LogP contribution in [-0.2, 0) is 11.2 Å². The molecule has 1 aliphatic rings. The van der Waals surface area contributed by atoms with E-state index in [0.29, 0.717) is 5.41 Å². The lowest BCUT2D eigenvalue weighted by Crippen LogP contribution is -2.39. The van der Waals surface area contributed by atoms with E-state index < -0.39 is 0 Å². The molecule has 0 atom stereocenters. The lowest BCUT2D eigenvalue weighted by Gasteiger charge is -2.27. The summed E-state index contributed by atoms with van der Waals surface area (Å²) in [5, 5.41) is 15.4. The van der Waals surface area contributed by atoms with E-state index in [1.54, 1.807) is 0 Å². The summed E-state index contributed by atoms with van der Waals surface area (Å²) >= 11 is 0. The zero-order valence-corrected chi connectivity index (χ0v) is 18.0. The number of nitrogens with one attached hydrogen (secondary N) is 2. The number of nitrogens with zero attached hydrogens (tertiary/aromatic N) is 4. The lowest BCUT2D eigenvalue weighted by atomic mass is 9.83. The molecule has 0 aromatic carbocycles. The smallest absolute Gasteiger partial charge is 0.191 e. The van der Waals surface area contributed by atoms with Gasteiger partial charge in [0.05, 0.1) is 0 Å². The van der Waals surface area contributed by atoms with Crippen LogP contribution in [0.3, 0.4) is 0 Å². The molecule has 2 aromatic heterocycles. The summed E-state index contributed by atoms with van der Waals surface area (Å²) in [7, 11) is 0. The minimum atomic E-state index is 0.317. The molecule has 0 bridgehead atoms. The van der Waals surface area contributed by atoms with Crippen molar-refractivity contribution in [3.8, 4) is 0 Å². The van der Waals surface area contributed by atoms with E-state index in [0.717, 1.165) is 69.5 Å². The first-order chi connectivity index (χ1) is 14.3. The first kappa shape index (κ1) is 21.6. The monoisotopic (exact) mass is 400 g/mol. The van der Waals surface area contributed by atoms with E-state index in [2.05, 4.69) is 39.1 Å². The maximum Gasteiger partial charge on any atom is 0.191 e.